The van der Waals surface area contributed by atoms with Crippen molar-refractivity contribution in [2.75, 3.05) is 7.11 Å². The van der Waals surface area contributed by atoms with Crippen molar-refractivity contribution in [2.24, 2.45) is 5.92 Å². The van der Waals surface area contributed by atoms with Crippen molar-refractivity contribution in [3.8, 4) is 11.6 Å². The van der Waals surface area contributed by atoms with Crippen molar-refractivity contribution in [1.29, 1.82) is 0 Å². The van der Waals surface area contributed by atoms with Crippen LogP contribution in [0, 0.1) is 5.92 Å². The number of rotatable bonds is 6. The summed E-state index contributed by atoms with van der Waals surface area (Å²) in [5, 5.41) is 22.4. The minimum atomic E-state index is -0.318. The van der Waals surface area contributed by atoms with Crippen molar-refractivity contribution in [3.63, 3.8) is 0 Å². The first-order valence-corrected chi connectivity index (χ1v) is 8.79. The Labute approximate surface area is 156 Å². The summed E-state index contributed by atoms with van der Waals surface area (Å²) in [6, 6.07) is 8.11. The number of aliphatic hydroxyl groups excluding tert-OH is 1. The second-order valence-electron chi connectivity index (χ2n) is 6.53. The average molecular weight is 377 g/mol. The van der Waals surface area contributed by atoms with Gasteiger partial charge >= 0.3 is 0 Å². The summed E-state index contributed by atoms with van der Waals surface area (Å²) >= 11 is 5.90. The number of phenolic OH excluding ortho intramolecular Hbond substituents is 1. The smallest absolute Gasteiger partial charge is 0.224 e. The summed E-state index contributed by atoms with van der Waals surface area (Å²) in [5.41, 5.74) is 1.59. The van der Waals surface area contributed by atoms with Gasteiger partial charge in [0, 0.05) is 12.3 Å². The number of methoxy groups -OCH3 is 1. The van der Waals surface area contributed by atoms with Gasteiger partial charge in [-0.15, -0.1) is 0 Å². The second kappa shape index (κ2) is 7.93. The Morgan fingerprint density at radius 3 is 2.73 bits per heavy atom. The van der Waals surface area contributed by atoms with E-state index >= 15 is 0 Å². The Balaban J connectivity index is 1.72. The molecule has 1 amide bonds. The van der Waals surface area contributed by atoms with E-state index in [0.717, 1.165) is 5.56 Å². The van der Waals surface area contributed by atoms with Crippen LogP contribution in [-0.4, -0.2) is 34.3 Å². The maximum atomic E-state index is 12.5. The number of carbonyl (C=O) groups is 1. The zero-order chi connectivity index (χ0) is 18.7. The topological polar surface area (TPSA) is 91.7 Å². The number of aromatic nitrogens is 1. The van der Waals surface area contributed by atoms with Gasteiger partial charge in [0.05, 0.1) is 30.7 Å². The second-order valence-corrected chi connectivity index (χ2v) is 6.93. The number of pyridine rings is 1. The molecule has 1 atom stereocenters. The minimum absolute atomic E-state index is 0.0125. The monoisotopic (exact) mass is 376 g/mol. The summed E-state index contributed by atoms with van der Waals surface area (Å²) in [6.45, 7) is 0. The molecular weight excluding hydrogens is 356 g/mol. The van der Waals surface area contributed by atoms with Gasteiger partial charge in [-0.3, -0.25) is 4.79 Å². The molecule has 1 aliphatic carbocycles. The highest BCUT2D eigenvalue weighted by molar-refractivity contribution is 6.32. The van der Waals surface area contributed by atoms with Gasteiger partial charge in [-0.25, -0.2) is 4.98 Å². The number of amides is 1. The predicted molar refractivity (Wildman–Crippen MR) is 97.2 cm³/mol. The van der Waals surface area contributed by atoms with Gasteiger partial charge in [0.25, 0.3) is 0 Å². The standard InChI is InChI=1S/C19H21ClN2O4/c1-26-18-5-3-12(10-21-18)19(13-8-14(23)9-13)22-17(25)7-11-2-4-16(24)15(20)6-11/h2-6,10,13-14,19,23-24H,7-9H2,1H3,(H,22,25). The Hall–Kier alpha value is -2.31. The van der Waals surface area contributed by atoms with Crippen molar-refractivity contribution < 1.29 is 19.7 Å². The molecule has 1 saturated carbocycles. The van der Waals surface area contributed by atoms with Crippen LogP contribution in [0.3, 0.4) is 0 Å². The van der Waals surface area contributed by atoms with Crippen LogP contribution in [0.2, 0.25) is 5.02 Å². The van der Waals surface area contributed by atoms with Gasteiger partial charge in [-0.2, -0.15) is 0 Å². The molecular formula is C19H21ClN2O4. The lowest BCUT2D eigenvalue weighted by atomic mass is 9.75. The third kappa shape index (κ3) is 4.26. The summed E-state index contributed by atoms with van der Waals surface area (Å²) in [7, 11) is 1.55. The van der Waals surface area contributed by atoms with E-state index < -0.39 is 0 Å². The normalized spacial score (nSPS) is 20.1. The molecule has 0 bridgehead atoms. The van der Waals surface area contributed by atoms with E-state index in [1.54, 1.807) is 31.5 Å². The molecule has 2 aromatic rings. The van der Waals surface area contributed by atoms with Crippen molar-refractivity contribution in [1.82, 2.24) is 10.3 Å². The SMILES string of the molecule is COc1ccc(C(NC(=O)Cc2ccc(O)c(Cl)c2)C2CC(O)C2)cn1. The molecule has 1 fully saturated rings. The van der Waals surface area contributed by atoms with Gasteiger partial charge in [0.15, 0.2) is 0 Å². The molecule has 1 aromatic carbocycles. The number of hydrogen-bond donors (Lipinski definition) is 3. The zero-order valence-corrected chi connectivity index (χ0v) is 15.1. The Bertz CT molecular complexity index is 776. The summed E-state index contributed by atoms with van der Waals surface area (Å²) < 4.78 is 5.08. The van der Waals surface area contributed by atoms with Gasteiger partial charge in [0.2, 0.25) is 11.8 Å². The molecule has 3 rings (SSSR count). The van der Waals surface area contributed by atoms with Gasteiger partial charge in [-0.05, 0) is 42.0 Å². The van der Waals surface area contributed by atoms with Crippen LogP contribution < -0.4 is 10.1 Å². The first kappa shape index (κ1) is 18.5. The Morgan fingerprint density at radius 1 is 1.38 bits per heavy atom. The number of ether oxygens (including phenoxy) is 1. The predicted octanol–water partition coefficient (Wildman–Crippen LogP) is 2.62. The van der Waals surface area contributed by atoms with Crippen LogP contribution in [0.15, 0.2) is 36.5 Å². The number of benzene rings is 1. The van der Waals surface area contributed by atoms with Crippen LogP contribution in [0.5, 0.6) is 11.6 Å². The first-order valence-electron chi connectivity index (χ1n) is 8.41. The molecule has 0 aliphatic heterocycles. The van der Waals surface area contributed by atoms with Crippen LogP contribution in [0.4, 0.5) is 0 Å². The number of hydrogen-bond acceptors (Lipinski definition) is 5. The van der Waals surface area contributed by atoms with Gasteiger partial charge in [-0.1, -0.05) is 23.7 Å². The van der Waals surface area contributed by atoms with E-state index in [1.165, 1.54) is 6.07 Å². The van der Waals surface area contributed by atoms with E-state index in [0.29, 0.717) is 24.3 Å². The lowest BCUT2D eigenvalue weighted by molar-refractivity contribution is -0.122. The molecule has 3 N–H and O–H groups in total. The number of phenols is 1. The molecule has 1 unspecified atom stereocenters. The average Bonchev–Trinajstić information content (AvgIpc) is 2.60. The van der Waals surface area contributed by atoms with Crippen LogP contribution in [0.1, 0.15) is 30.0 Å². The van der Waals surface area contributed by atoms with Crippen LogP contribution in [0.25, 0.3) is 0 Å². The van der Waals surface area contributed by atoms with E-state index in [-0.39, 0.29) is 41.2 Å². The fourth-order valence-corrected chi connectivity index (χ4v) is 3.35. The maximum Gasteiger partial charge on any atom is 0.224 e. The molecule has 7 heteroatoms. The number of nitrogens with zero attached hydrogens (tertiary/aromatic N) is 1. The summed E-state index contributed by atoms with van der Waals surface area (Å²) in [6.07, 6.45) is 2.80. The highest BCUT2D eigenvalue weighted by Gasteiger charge is 2.35. The minimum Gasteiger partial charge on any atom is -0.506 e. The third-order valence-corrected chi connectivity index (χ3v) is 4.94. The third-order valence-electron chi connectivity index (χ3n) is 4.64. The van der Waals surface area contributed by atoms with Crippen molar-refractivity contribution in [3.05, 3.63) is 52.7 Å². The van der Waals surface area contributed by atoms with E-state index in [2.05, 4.69) is 10.3 Å². The van der Waals surface area contributed by atoms with Crippen LogP contribution in [-0.2, 0) is 11.2 Å². The molecule has 0 radical (unpaired) electrons. The molecule has 1 aliphatic rings. The first-order chi connectivity index (χ1) is 12.5. The molecule has 6 nitrogen and oxygen atoms in total. The Kier molecular flexibility index (Phi) is 5.64. The number of aliphatic hydroxyl groups is 1. The zero-order valence-electron chi connectivity index (χ0n) is 14.4. The van der Waals surface area contributed by atoms with E-state index in [4.69, 9.17) is 16.3 Å². The molecule has 1 aromatic heterocycles. The fourth-order valence-electron chi connectivity index (χ4n) is 3.14. The summed E-state index contributed by atoms with van der Waals surface area (Å²) in [5.74, 6) is 0.495. The van der Waals surface area contributed by atoms with Crippen molar-refractivity contribution in [2.45, 2.75) is 31.4 Å². The van der Waals surface area contributed by atoms with E-state index in [9.17, 15) is 15.0 Å². The lowest BCUT2D eigenvalue weighted by Gasteiger charge is -2.38. The number of halogens is 1. The highest BCUT2D eigenvalue weighted by Crippen LogP contribution is 2.38. The molecule has 1 heterocycles. The lowest BCUT2D eigenvalue weighted by Crippen LogP contribution is -2.41. The largest absolute Gasteiger partial charge is 0.506 e. The number of carbonyl (C=O) groups excluding carboxylic acids is 1. The van der Waals surface area contributed by atoms with Gasteiger partial charge < -0.3 is 20.3 Å². The molecule has 0 saturated heterocycles. The maximum absolute atomic E-state index is 12.5. The molecule has 26 heavy (non-hydrogen) atoms. The van der Waals surface area contributed by atoms with Crippen LogP contribution >= 0.6 is 11.6 Å². The summed E-state index contributed by atoms with van der Waals surface area (Å²) in [4.78, 5) is 16.7. The number of nitrogens with one attached hydrogen (secondary N) is 1. The Morgan fingerprint density at radius 2 is 2.15 bits per heavy atom. The quantitative estimate of drug-likeness (QED) is 0.720. The molecule has 0 spiro atoms. The molecule has 138 valence electrons. The van der Waals surface area contributed by atoms with Crippen molar-refractivity contribution >= 4 is 17.5 Å². The fraction of sp³-hybridized carbons (Fsp3) is 0.368. The van der Waals surface area contributed by atoms with Gasteiger partial charge in [0.1, 0.15) is 5.75 Å². The highest BCUT2D eigenvalue weighted by atomic mass is 35.5. The number of aromatic hydroxyl groups is 1. The van der Waals surface area contributed by atoms with E-state index in [1.807, 2.05) is 6.07 Å².